The van der Waals surface area contributed by atoms with Crippen molar-refractivity contribution in [3.63, 3.8) is 0 Å². The molecule has 7 nitrogen and oxygen atoms in total. The normalized spacial score (nSPS) is 14.3. The maximum Gasteiger partial charge on any atom is 0.446 e. The van der Waals surface area contributed by atoms with Gasteiger partial charge in [0.05, 0.1) is 5.39 Å². The number of halogens is 3. The summed E-state index contributed by atoms with van der Waals surface area (Å²) in [6, 6.07) is 1.98. The van der Waals surface area contributed by atoms with Gasteiger partial charge in [0, 0.05) is 23.7 Å². The SMILES string of the molecule is Nc1ncnc2[nH]cc(-c3cc(C4CC4)on3)c12.O=CC(F)(F)F. The Morgan fingerprint density at radius 2 is 2.04 bits per heavy atom. The fraction of sp³-hybridized carbons (Fsp3) is 0.286. The molecule has 0 unspecified atom stereocenters. The van der Waals surface area contributed by atoms with Crippen LogP contribution in [0.15, 0.2) is 23.1 Å². The lowest BCUT2D eigenvalue weighted by atomic mass is 10.1. The van der Waals surface area contributed by atoms with Crippen molar-refractivity contribution in [2.75, 3.05) is 5.73 Å². The van der Waals surface area contributed by atoms with Crippen LogP contribution in [0.1, 0.15) is 24.5 Å². The Hall–Kier alpha value is -2.91. The highest BCUT2D eigenvalue weighted by Gasteiger charge is 2.28. The van der Waals surface area contributed by atoms with E-state index < -0.39 is 12.5 Å². The summed E-state index contributed by atoms with van der Waals surface area (Å²) in [5.74, 6) is 1.95. The van der Waals surface area contributed by atoms with Gasteiger partial charge >= 0.3 is 6.18 Å². The molecule has 10 heteroatoms. The molecule has 0 radical (unpaired) electrons. The number of nitrogens with one attached hydrogen (secondary N) is 1. The third-order valence-electron chi connectivity index (χ3n) is 3.42. The summed E-state index contributed by atoms with van der Waals surface area (Å²) in [7, 11) is 0. The number of nitrogen functional groups attached to an aromatic ring is 1. The highest BCUT2D eigenvalue weighted by Crippen LogP contribution is 2.41. The highest BCUT2D eigenvalue weighted by atomic mass is 19.4. The molecule has 24 heavy (non-hydrogen) atoms. The quantitative estimate of drug-likeness (QED) is 0.695. The van der Waals surface area contributed by atoms with E-state index in [0.717, 1.165) is 22.4 Å². The van der Waals surface area contributed by atoms with Crippen LogP contribution in [0.4, 0.5) is 19.0 Å². The van der Waals surface area contributed by atoms with Crippen molar-refractivity contribution in [1.29, 1.82) is 0 Å². The van der Waals surface area contributed by atoms with E-state index in [2.05, 4.69) is 20.1 Å². The number of nitrogens with zero attached hydrogens (tertiary/aromatic N) is 3. The first-order valence-corrected chi connectivity index (χ1v) is 6.96. The molecule has 0 bridgehead atoms. The zero-order valence-electron chi connectivity index (χ0n) is 12.2. The molecular weight excluding hydrogens is 327 g/mol. The molecule has 1 aliphatic carbocycles. The largest absolute Gasteiger partial charge is 0.446 e. The van der Waals surface area contributed by atoms with Crippen molar-refractivity contribution in [3.05, 3.63) is 24.4 Å². The van der Waals surface area contributed by atoms with Gasteiger partial charge in [0.15, 0.2) is 0 Å². The second-order valence-corrected chi connectivity index (χ2v) is 5.23. The lowest BCUT2D eigenvalue weighted by molar-refractivity contribution is -0.156. The number of anilines is 1. The molecule has 126 valence electrons. The minimum Gasteiger partial charge on any atom is -0.383 e. The van der Waals surface area contributed by atoms with Crippen molar-refractivity contribution in [2.24, 2.45) is 0 Å². The van der Waals surface area contributed by atoms with Crippen LogP contribution in [0.25, 0.3) is 22.3 Å². The number of aromatic nitrogens is 4. The first kappa shape index (κ1) is 16.0. The van der Waals surface area contributed by atoms with Crippen molar-refractivity contribution in [2.45, 2.75) is 24.9 Å². The van der Waals surface area contributed by atoms with Crippen LogP contribution in [0.2, 0.25) is 0 Å². The molecule has 0 aliphatic heterocycles. The molecule has 3 aromatic heterocycles. The molecular formula is C14H12F3N5O2. The smallest absolute Gasteiger partial charge is 0.383 e. The number of fused-ring (bicyclic) bond motifs is 1. The van der Waals surface area contributed by atoms with Crippen molar-refractivity contribution < 1.29 is 22.5 Å². The summed E-state index contributed by atoms with van der Waals surface area (Å²) in [6.45, 7) is 0. The number of alkyl halides is 3. The number of carbonyl (C=O) groups excluding carboxylic acids is 1. The van der Waals surface area contributed by atoms with Gasteiger partial charge in [0.1, 0.15) is 29.2 Å². The summed E-state index contributed by atoms with van der Waals surface area (Å²) in [6.07, 6.45) is -0.0465. The van der Waals surface area contributed by atoms with E-state index >= 15 is 0 Å². The molecule has 4 rings (SSSR count). The van der Waals surface area contributed by atoms with Gasteiger partial charge in [-0.1, -0.05) is 5.16 Å². The Morgan fingerprint density at radius 3 is 2.67 bits per heavy atom. The van der Waals surface area contributed by atoms with Gasteiger partial charge in [-0.2, -0.15) is 13.2 Å². The summed E-state index contributed by atoms with van der Waals surface area (Å²) in [5, 5.41) is 4.90. The lowest BCUT2D eigenvalue weighted by Gasteiger charge is -1.96. The monoisotopic (exact) mass is 339 g/mol. The van der Waals surface area contributed by atoms with Crippen molar-refractivity contribution in [3.8, 4) is 11.3 Å². The van der Waals surface area contributed by atoms with Gasteiger partial charge in [0.2, 0.25) is 6.29 Å². The van der Waals surface area contributed by atoms with E-state index in [-0.39, 0.29) is 0 Å². The van der Waals surface area contributed by atoms with E-state index in [4.69, 9.17) is 15.1 Å². The third-order valence-corrected chi connectivity index (χ3v) is 3.42. The van der Waals surface area contributed by atoms with E-state index in [1.165, 1.54) is 19.2 Å². The van der Waals surface area contributed by atoms with Crippen LogP contribution in [0.5, 0.6) is 0 Å². The number of rotatable bonds is 2. The number of aldehydes is 1. The van der Waals surface area contributed by atoms with Gasteiger partial charge in [-0.3, -0.25) is 4.79 Å². The van der Waals surface area contributed by atoms with E-state index in [1.807, 2.05) is 12.3 Å². The summed E-state index contributed by atoms with van der Waals surface area (Å²) < 4.78 is 36.6. The van der Waals surface area contributed by atoms with E-state index in [0.29, 0.717) is 17.4 Å². The fourth-order valence-electron chi connectivity index (χ4n) is 2.17. The Balaban J connectivity index is 0.000000246. The predicted octanol–water partition coefficient (Wildman–Crippen LogP) is 2.82. The Kier molecular flexibility index (Phi) is 3.96. The maximum atomic E-state index is 10.4. The Morgan fingerprint density at radius 1 is 1.33 bits per heavy atom. The molecule has 0 atom stereocenters. The average Bonchev–Trinajstić information content (AvgIpc) is 3.10. The summed E-state index contributed by atoms with van der Waals surface area (Å²) in [4.78, 5) is 19.9. The first-order valence-electron chi connectivity index (χ1n) is 6.96. The molecule has 1 aliphatic rings. The molecule has 3 heterocycles. The van der Waals surface area contributed by atoms with Gasteiger partial charge in [-0.05, 0) is 12.8 Å². The Bertz CT molecular complexity index is 867. The van der Waals surface area contributed by atoms with Crippen LogP contribution < -0.4 is 5.73 Å². The van der Waals surface area contributed by atoms with Crippen LogP contribution in [0.3, 0.4) is 0 Å². The number of H-pyrrole nitrogens is 1. The first-order chi connectivity index (χ1) is 11.4. The summed E-state index contributed by atoms with van der Waals surface area (Å²) >= 11 is 0. The lowest BCUT2D eigenvalue weighted by Crippen LogP contribution is -2.07. The van der Waals surface area contributed by atoms with E-state index in [1.54, 1.807) is 0 Å². The number of hydrogen-bond donors (Lipinski definition) is 2. The minimum atomic E-state index is -4.64. The zero-order valence-corrected chi connectivity index (χ0v) is 12.2. The highest BCUT2D eigenvalue weighted by molar-refractivity contribution is 5.99. The number of nitrogens with two attached hydrogens (primary N) is 1. The molecule has 0 saturated heterocycles. The molecule has 0 amide bonds. The maximum absolute atomic E-state index is 10.4. The molecule has 3 aromatic rings. The number of aromatic amines is 1. The average molecular weight is 339 g/mol. The van der Waals surface area contributed by atoms with Crippen LogP contribution >= 0.6 is 0 Å². The molecule has 1 fully saturated rings. The minimum absolute atomic E-state index is 0.451. The summed E-state index contributed by atoms with van der Waals surface area (Å²) in [5.41, 5.74) is 8.27. The van der Waals surface area contributed by atoms with Crippen LogP contribution in [-0.2, 0) is 4.79 Å². The van der Waals surface area contributed by atoms with Gasteiger partial charge in [-0.25, -0.2) is 9.97 Å². The van der Waals surface area contributed by atoms with Crippen LogP contribution in [-0.4, -0.2) is 32.6 Å². The molecule has 0 spiro atoms. The molecule has 0 aromatic carbocycles. The van der Waals surface area contributed by atoms with Gasteiger partial charge in [0.25, 0.3) is 0 Å². The number of carbonyl (C=O) groups is 1. The third kappa shape index (κ3) is 3.36. The molecule has 3 N–H and O–H groups in total. The van der Waals surface area contributed by atoms with Crippen LogP contribution in [0, 0.1) is 0 Å². The molecule has 1 saturated carbocycles. The van der Waals surface area contributed by atoms with Crippen molar-refractivity contribution >= 4 is 23.1 Å². The fourth-order valence-corrected chi connectivity index (χ4v) is 2.17. The predicted molar refractivity (Wildman–Crippen MR) is 77.9 cm³/mol. The van der Waals surface area contributed by atoms with Crippen molar-refractivity contribution in [1.82, 2.24) is 20.1 Å². The Labute approximate surface area is 133 Å². The zero-order chi connectivity index (χ0) is 17.3. The van der Waals surface area contributed by atoms with Gasteiger partial charge < -0.3 is 15.2 Å². The van der Waals surface area contributed by atoms with E-state index in [9.17, 15) is 13.2 Å². The number of hydrogen-bond acceptors (Lipinski definition) is 6. The second-order valence-electron chi connectivity index (χ2n) is 5.23. The standard InChI is InChI=1S/C12H11N5O.C2HF3O/c13-11-10-7(4-14-12(10)16-5-15-11)8-3-9(18-17-8)6-1-2-6;3-2(4,5)1-6/h3-6H,1-2H2,(H3,13,14,15,16);1H. The van der Waals surface area contributed by atoms with Gasteiger partial charge in [-0.15, -0.1) is 0 Å². The topological polar surface area (TPSA) is 111 Å². The second kappa shape index (κ2) is 5.95.